The third kappa shape index (κ3) is 1.50. The summed E-state index contributed by atoms with van der Waals surface area (Å²) in [6.07, 6.45) is 1.01. The van der Waals surface area contributed by atoms with E-state index in [1.807, 2.05) is 6.07 Å². The first-order valence-electron chi connectivity index (χ1n) is 8.95. The summed E-state index contributed by atoms with van der Waals surface area (Å²) < 4.78 is 11.1. The second kappa shape index (κ2) is 4.95. The van der Waals surface area contributed by atoms with E-state index in [0.717, 1.165) is 6.42 Å². The van der Waals surface area contributed by atoms with Crippen LogP contribution in [-0.2, 0) is 19.7 Å². The van der Waals surface area contributed by atoms with Crippen molar-refractivity contribution in [1.29, 1.82) is 0 Å². The minimum atomic E-state index is -0.488. The molecule has 0 aromatic heterocycles. The molecule has 3 heteroatoms. The molecule has 25 heavy (non-hydrogen) atoms. The van der Waals surface area contributed by atoms with Gasteiger partial charge in [-0.2, -0.15) is 0 Å². The van der Waals surface area contributed by atoms with Crippen LogP contribution in [0.1, 0.15) is 34.9 Å². The zero-order valence-corrected chi connectivity index (χ0v) is 14.6. The van der Waals surface area contributed by atoms with Crippen LogP contribution in [0.2, 0.25) is 0 Å². The van der Waals surface area contributed by atoms with Crippen molar-refractivity contribution in [3.8, 4) is 0 Å². The monoisotopic (exact) mass is 334 g/mol. The van der Waals surface area contributed by atoms with E-state index in [9.17, 15) is 4.79 Å². The summed E-state index contributed by atoms with van der Waals surface area (Å²) in [5, 5.41) is 0. The largest absolute Gasteiger partial charge is 0.469 e. The first-order valence-corrected chi connectivity index (χ1v) is 8.95. The lowest BCUT2D eigenvalue weighted by Gasteiger charge is -2.29. The van der Waals surface area contributed by atoms with Gasteiger partial charge in [0.1, 0.15) is 0 Å². The van der Waals surface area contributed by atoms with E-state index in [-0.39, 0.29) is 23.2 Å². The molecule has 3 nitrogen and oxygen atoms in total. The van der Waals surface area contributed by atoms with Crippen LogP contribution in [0.5, 0.6) is 0 Å². The van der Waals surface area contributed by atoms with E-state index in [4.69, 9.17) is 9.47 Å². The number of carbonyl (C=O) groups is 1. The highest BCUT2D eigenvalue weighted by Crippen LogP contribution is 2.88. The van der Waals surface area contributed by atoms with Gasteiger partial charge in [0.2, 0.25) is 0 Å². The van der Waals surface area contributed by atoms with E-state index in [1.165, 1.54) is 23.8 Å². The molecule has 3 aliphatic rings. The molecule has 0 aliphatic heterocycles. The fourth-order valence-corrected chi connectivity index (χ4v) is 6.50. The molecular weight excluding hydrogens is 312 g/mol. The topological polar surface area (TPSA) is 35.5 Å². The maximum Gasteiger partial charge on any atom is 0.313 e. The Morgan fingerprint density at radius 3 is 2.52 bits per heavy atom. The van der Waals surface area contributed by atoms with Crippen LogP contribution in [-0.4, -0.2) is 26.8 Å². The summed E-state index contributed by atoms with van der Waals surface area (Å²) in [5.74, 6) is 0.810. The SMILES string of the molecule is COC[C@]12c3ccccc3[C@@H]3C[C@H](c4ccccc4)C1(C(=O)OC)[C@@H]32. The van der Waals surface area contributed by atoms with Gasteiger partial charge in [-0.05, 0) is 34.9 Å². The van der Waals surface area contributed by atoms with Crippen molar-refractivity contribution >= 4 is 5.97 Å². The van der Waals surface area contributed by atoms with E-state index in [1.54, 1.807) is 7.11 Å². The van der Waals surface area contributed by atoms with Gasteiger partial charge in [0.15, 0.2) is 0 Å². The Morgan fingerprint density at radius 1 is 1.08 bits per heavy atom. The zero-order valence-electron chi connectivity index (χ0n) is 14.6. The predicted octanol–water partition coefficient (Wildman–Crippen LogP) is 3.64. The molecule has 0 radical (unpaired) electrons. The van der Waals surface area contributed by atoms with Gasteiger partial charge in [0, 0.05) is 18.4 Å². The third-order valence-electron chi connectivity index (χ3n) is 7.06. The molecule has 2 aromatic carbocycles. The van der Waals surface area contributed by atoms with Crippen LogP contribution in [0.4, 0.5) is 0 Å². The molecule has 3 aliphatic carbocycles. The molecule has 2 saturated carbocycles. The Kier molecular flexibility index (Phi) is 3.00. The highest BCUT2D eigenvalue weighted by Gasteiger charge is 2.91. The smallest absolute Gasteiger partial charge is 0.313 e. The molecule has 0 heterocycles. The van der Waals surface area contributed by atoms with Gasteiger partial charge in [-0.15, -0.1) is 0 Å². The van der Waals surface area contributed by atoms with Gasteiger partial charge < -0.3 is 9.47 Å². The number of esters is 1. The number of rotatable bonds is 4. The lowest BCUT2D eigenvalue weighted by molar-refractivity contribution is -0.149. The first kappa shape index (κ1) is 15.2. The Labute approximate surface area is 148 Å². The maximum atomic E-state index is 13.2. The van der Waals surface area contributed by atoms with Crippen molar-refractivity contribution < 1.29 is 14.3 Å². The van der Waals surface area contributed by atoms with Crippen molar-refractivity contribution in [3.63, 3.8) is 0 Å². The molecule has 0 spiro atoms. The number of hydrogen-bond donors (Lipinski definition) is 0. The molecule has 2 fully saturated rings. The van der Waals surface area contributed by atoms with E-state index in [0.29, 0.717) is 12.5 Å². The summed E-state index contributed by atoms with van der Waals surface area (Å²) in [6, 6.07) is 19.1. The summed E-state index contributed by atoms with van der Waals surface area (Å²) in [7, 11) is 3.26. The summed E-state index contributed by atoms with van der Waals surface area (Å²) in [4.78, 5) is 13.2. The van der Waals surface area contributed by atoms with Gasteiger partial charge in [0.25, 0.3) is 0 Å². The van der Waals surface area contributed by atoms with Crippen LogP contribution in [0.15, 0.2) is 54.6 Å². The Hall–Kier alpha value is -2.13. The minimum absolute atomic E-state index is 0.0691. The highest BCUT2D eigenvalue weighted by molar-refractivity contribution is 5.90. The fraction of sp³-hybridized carbons (Fsp3) is 0.409. The quantitative estimate of drug-likeness (QED) is 0.801. The lowest BCUT2D eigenvalue weighted by atomic mass is 9.75. The molecule has 5 atom stereocenters. The number of ether oxygens (including phenoxy) is 2. The Balaban J connectivity index is 1.75. The van der Waals surface area contributed by atoms with Crippen LogP contribution in [0.25, 0.3) is 0 Å². The summed E-state index contributed by atoms with van der Waals surface area (Å²) in [5.41, 5.74) is 3.22. The number of hydrogen-bond acceptors (Lipinski definition) is 3. The maximum absolute atomic E-state index is 13.2. The van der Waals surface area contributed by atoms with Crippen molar-refractivity contribution in [3.05, 3.63) is 71.3 Å². The van der Waals surface area contributed by atoms with E-state index in [2.05, 4.69) is 48.5 Å². The molecule has 128 valence electrons. The normalized spacial score (nSPS) is 36.6. The van der Waals surface area contributed by atoms with Crippen LogP contribution < -0.4 is 0 Å². The standard InChI is InChI=1S/C22H22O3/c1-24-13-21-17-11-7-6-10-15(17)16-12-18(14-8-4-3-5-9-14)22(21,19(16)21)20(23)25-2/h3-11,16,18-19H,12-13H2,1-2H3/t16-,18+,19-,21+,22?/m0/s1. The van der Waals surface area contributed by atoms with E-state index >= 15 is 0 Å². The number of carbonyl (C=O) groups excluding carboxylic acids is 1. The predicted molar refractivity (Wildman–Crippen MR) is 94.5 cm³/mol. The molecular formula is C22H22O3. The molecule has 0 saturated heterocycles. The van der Waals surface area contributed by atoms with Gasteiger partial charge in [-0.1, -0.05) is 54.6 Å². The van der Waals surface area contributed by atoms with Gasteiger partial charge in [-0.25, -0.2) is 0 Å². The van der Waals surface area contributed by atoms with Gasteiger partial charge in [0.05, 0.1) is 19.1 Å². The van der Waals surface area contributed by atoms with Gasteiger partial charge >= 0.3 is 5.97 Å². The third-order valence-corrected chi connectivity index (χ3v) is 7.06. The molecule has 5 rings (SSSR count). The second-order valence-electron chi connectivity index (χ2n) is 7.64. The van der Waals surface area contributed by atoms with Crippen LogP contribution >= 0.6 is 0 Å². The Morgan fingerprint density at radius 2 is 1.80 bits per heavy atom. The number of benzene rings is 2. The molecule has 1 unspecified atom stereocenters. The summed E-state index contributed by atoms with van der Waals surface area (Å²) in [6.45, 7) is 0.573. The van der Waals surface area contributed by atoms with Crippen molar-refractivity contribution in [1.82, 2.24) is 0 Å². The Bertz CT molecular complexity index is 845. The second-order valence-corrected chi connectivity index (χ2v) is 7.64. The van der Waals surface area contributed by atoms with E-state index < -0.39 is 5.41 Å². The van der Waals surface area contributed by atoms with Crippen molar-refractivity contribution in [2.24, 2.45) is 11.3 Å². The lowest BCUT2D eigenvalue weighted by Crippen LogP contribution is -2.35. The van der Waals surface area contributed by atoms with Gasteiger partial charge in [-0.3, -0.25) is 4.79 Å². The fourth-order valence-electron chi connectivity index (χ4n) is 6.50. The van der Waals surface area contributed by atoms with Crippen LogP contribution in [0, 0.1) is 11.3 Å². The minimum Gasteiger partial charge on any atom is -0.469 e. The highest BCUT2D eigenvalue weighted by atomic mass is 16.5. The summed E-state index contributed by atoms with van der Waals surface area (Å²) >= 11 is 0. The number of fused-ring (bicyclic) bond motifs is 4. The molecule has 0 amide bonds. The zero-order chi connectivity index (χ0) is 17.2. The number of methoxy groups -OCH3 is 2. The molecule has 0 N–H and O–H groups in total. The van der Waals surface area contributed by atoms with Crippen molar-refractivity contribution in [2.75, 3.05) is 20.8 Å². The first-order chi connectivity index (χ1) is 12.2. The molecule has 2 aromatic rings. The average Bonchev–Trinajstić information content (AvgIpc) is 2.98. The van der Waals surface area contributed by atoms with Crippen molar-refractivity contribution in [2.45, 2.75) is 23.7 Å². The molecule has 0 bridgehead atoms. The van der Waals surface area contributed by atoms with Crippen LogP contribution in [0.3, 0.4) is 0 Å². The average molecular weight is 334 g/mol.